The minimum Gasteiger partial charge on any atom is -0.377 e. The Hall–Kier alpha value is -1.17. The van der Waals surface area contributed by atoms with Crippen LogP contribution in [0.2, 0.25) is 0 Å². The van der Waals surface area contributed by atoms with Crippen molar-refractivity contribution in [2.45, 2.75) is 26.3 Å². The molecule has 2 heterocycles. The molecule has 5 nitrogen and oxygen atoms in total. The van der Waals surface area contributed by atoms with Crippen LogP contribution in [0.15, 0.2) is 0 Å². The second-order valence-electron chi connectivity index (χ2n) is 4.05. The fraction of sp³-hybridized carbons (Fsp3) is 0.700. The van der Waals surface area contributed by atoms with E-state index in [4.69, 9.17) is 0 Å². The van der Waals surface area contributed by atoms with Crippen LogP contribution in [0.4, 0.5) is 5.00 Å². The first-order valence-corrected chi connectivity index (χ1v) is 6.28. The summed E-state index contributed by atoms with van der Waals surface area (Å²) in [6, 6.07) is 0. The lowest BCUT2D eigenvalue weighted by Crippen LogP contribution is -2.25. The van der Waals surface area contributed by atoms with E-state index in [0.29, 0.717) is 18.9 Å². The van der Waals surface area contributed by atoms with E-state index < -0.39 is 0 Å². The summed E-state index contributed by atoms with van der Waals surface area (Å²) in [7, 11) is 1.85. The quantitative estimate of drug-likeness (QED) is 0.862. The molecule has 2 rings (SSSR count). The molecule has 88 valence electrons. The molecule has 1 aromatic rings. The average Bonchev–Trinajstić information content (AvgIpc) is 2.86. The molecular weight excluding hydrogens is 224 g/mol. The molecule has 1 aliphatic heterocycles. The van der Waals surface area contributed by atoms with Gasteiger partial charge in [0.05, 0.1) is 6.54 Å². The highest BCUT2D eigenvalue weighted by Crippen LogP contribution is 2.25. The van der Waals surface area contributed by atoms with Gasteiger partial charge in [-0.15, -0.1) is 5.10 Å². The van der Waals surface area contributed by atoms with Gasteiger partial charge in [0.25, 0.3) is 0 Å². The van der Waals surface area contributed by atoms with Crippen LogP contribution in [0.5, 0.6) is 0 Å². The molecule has 1 aromatic heterocycles. The van der Waals surface area contributed by atoms with E-state index in [-0.39, 0.29) is 5.91 Å². The average molecular weight is 240 g/mol. The van der Waals surface area contributed by atoms with Gasteiger partial charge in [0.1, 0.15) is 10.7 Å². The number of nitrogens with one attached hydrogen (secondary N) is 1. The highest BCUT2D eigenvalue weighted by molar-refractivity contribution is 7.10. The summed E-state index contributed by atoms with van der Waals surface area (Å²) in [5, 5.41) is 8.04. The predicted octanol–water partition coefficient (Wildman–Crippen LogP) is 1.34. The monoisotopic (exact) mass is 240 g/mol. The molecule has 1 aliphatic rings. The SMILES string of the molecule is CCC1CC(=O)N(Cc2nnsc2NC)C1. The Morgan fingerprint density at radius 3 is 3.06 bits per heavy atom. The van der Waals surface area contributed by atoms with Crippen LogP contribution in [-0.4, -0.2) is 34.0 Å². The molecule has 6 heteroatoms. The molecule has 1 fully saturated rings. The van der Waals surface area contributed by atoms with Gasteiger partial charge < -0.3 is 10.2 Å². The molecule has 0 aliphatic carbocycles. The molecule has 1 atom stereocenters. The number of carbonyl (C=O) groups is 1. The summed E-state index contributed by atoms with van der Waals surface area (Å²) in [5.41, 5.74) is 0.873. The summed E-state index contributed by atoms with van der Waals surface area (Å²) in [6.45, 7) is 3.57. The largest absolute Gasteiger partial charge is 0.377 e. The van der Waals surface area contributed by atoms with Gasteiger partial charge in [0, 0.05) is 31.5 Å². The summed E-state index contributed by atoms with van der Waals surface area (Å²) in [5.74, 6) is 0.749. The van der Waals surface area contributed by atoms with Crippen molar-refractivity contribution in [2.24, 2.45) is 5.92 Å². The molecule has 0 saturated carbocycles. The van der Waals surface area contributed by atoms with E-state index in [1.165, 1.54) is 11.5 Å². The van der Waals surface area contributed by atoms with Crippen molar-refractivity contribution in [1.29, 1.82) is 0 Å². The van der Waals surface area contributed by atoms with Gasteiger partial charge in [-0.05, 0) is 5.92 Å². The van der Waals surface area contributed by atoms with Gasteiger partial charge in [-0.2, -0.15) is 0 Å². The highest BCUT2D eigenvalue weighted by Gasteiger charge is 2.29. The van der Waals surface area contributed by atoms with Crippen molar-refractivity contribution in [3.63, 3.8) is 0 Å². The Morgan fingerprint density at radius 2 is 2.44 bits per heavy atom. The lowest BCUT2D eigenvalue weighted by Gasteiger charge is -2.15. The van der Waals surface area contributed by atoms with Gasteiger partial charge in [-0.3, -0.25) is 4.79 Å². The van der Waals surface area contributed by atoms with Crippen LogP contribution < -0.4 is 5.32 Å². The third kappa shape index (κ3) is 2.16. The van der Waals surface area contributed by atoms with E-state index in [0.717, 1.165) is 23.7 Å². The normalized spacial score (nSPS) is 20.5. The minimum atomic E-state index is 0.238. The molecule has 0 bridgehead atoms. The van der Waals surface area contributed by atoms with Crippen molar-refractivity contribution in [3.8, 4) is 0 Å². The van der Waals surface area contributed by atoms with Crippen LogP contribution in [-0.2, 0) is 11.3 Å². The van der Waals surface area contributed by atoms with Crippen molar-refractivity contribution in [2.75, 3.05) is 18.9 Å². The Kier molecular flexibility index (Phi) is 3.38. The first kappa shape index (κ1) is 11.3. The van der Waals surface area contributed by atoms with Crippen LogP contribution in [0.3, 0.4) is 0 Å². The third-order valence-electron chi connectivity index (χ3n) is 3.00. The molecule has 16 heavy (non-hydrogen) atoms. The Labute approximate surface area is 99.0 Å². The number of rotatable bonds is 4. The van der Waals surface area contributed by atoms with E-state index in [9.17, 15) is 4.79 Å². The van der Waals surface area contributed by atoms with E-state index in [1.807, 2.05) is 11.9 Å². The zero-order chi connectivity index (χ0) is 11.5. The highest BCUT2D eigenvalue weighted by atomic mass is 32.1. The number of carbonyl (C=O) groups excluding carboxylic acids is 1. The number of hydrogen-bond donors (Lipinski definition) is 1. The van der Waals surface area contributed by atoms with Gasteiger partial charge in [0.15, 0.2) is 0 Å². The van der Waals surface area contributed by atoms with Crippen LogP contribution in [0.1, 0.15) is 25.5 Å². The molecule has 1 N–H and O–H groups in total. The second kappa shape index (κ2) is 4.78. The predicted molar refractivity (Wildman–Crippen MR) is 63.3 cm³/mol. The maximum absolute atomic E-state index is 11.7. The first-order valence-electron chi connectivity index (χ1n) is 5.51. The summed E-state index contributed by atoms with van der Waals surface area (Å²) in [4.78, 5) is 13.6. The number of likely N-dealkylation sites (tertiary alicyclic amines) is 1. The van der Waals surface area contributed by atoms with Crippen LogP contribution >= 0.6 is 11.5 Å². The van der Waals surface area contributed by atoms with E-state index in [2.05, 4.69) is 21.8 Å². The van der Waals surface area contributed by atoms with Gasteiger partial charge in [-0.25, -0.2) is 0 Å². The number of anilines is 1. The van der Waals surface area contributed by atoms with Crippen molar-refractivity contribution >= 4 is 22.4 Å². The summed E-state index contributed by atoms with van der Waals surface area (Å²) < 4.78 is 3.89. The third-order valence-corrected chi connectivity index (χ3v) is 3.78. The van der Waals surface area contributed by atoms with Gasteiger partial charge in [-0.1, -0.05) is 17.8 Å². The lowest BCUT2D eigenvalue weighted by atomic mass is 10.1. The van der Waals surface area contributed by atoms with Crippen molar-refractivity contribution < 1.29 is 4.79 Å². The Balaban J connectivity index is 2.02. The van der Waals surface area contributed by atoms with Crippen LogP contribution in [0.25, 0.3) is 0 Å². The van der Waals surface area contributed by atoms with Gasteiger partial charge >= 0.3 is 0 Å². The lowest BCUT2D eigenvalue weighted by molar-refractivity contribution is -0.128. The topological polar surface area (TPSA) is 58.1 Å². The maximum Gasteiger partial charge on any atom is 0.223 e. The number of hydrogen-bond acceptors (Lipinski definition) is 5. The molecule has 0 radical (unpaired) electrons. The zero-order valence-electron chi connectivity index (χ0n) is 9.56. The fourth-order valence-electron chi connectivity index (χ4n) is 1.96. The van der Waals surface area contributed by atoms with Crippen molar-refractivity contribution in [1.82, 2.24) is 14.5 Å². The maximum atomic E-state index is 11.7. The Bertz CT molecular complexity index is 379. The number of aromatic nitrogens is 2. The minimum absolute atomic E-state index is 0.238. The summed E-state index contributed by atoms with van der Waals surface area (Å²) >= 11 is 1.33. The van der Waals surface area contributed by atoms with Crippen LogP contribution in [0, 0.1) is 5.92 Å². The van der Waals surface area contributed by atoms with E-state index in [1.54, 1.807) is 0 Å². The number of nitrogens with zero attached hydrogens (tertiary/aromatic N) is 3. The zero-order valence-corrected chi connectivity index (χ0v) is 10.4. The first-order chi connectivity index (χ1) is 7.74. The fourth-order valence-corrected chi connectivity index (χ4v) is 2.49. The molecule has 1 saturated heterocycles. The second-order valence-corrected chi connectivity index (χ2v) is 4.81. The summed E-state index contributed by atoms with van der Waals surface area (Å²) in [6.07, 6.45) is 1.75. The smallest absolute Gasteiger partial charge is 0.223 e. The molecule has 0 aromatic carbocycles. The van der Waals surface area contributed by atoms with Crippen molar-refractivity contribution in [3.05, 3.63) is 5.69 Å². The van der Waals surface area contributed by atoms with Gasteiger partial charge in [0.2, 0.25) is 5.91 Å². The Morgan fingerprint density at radius 1 is 1.62 bits per heavy atom. The number of amides is 1. The van der Waals surface area contributed by atoms with E-state index >= 15 is 0 Å². The molecule has 0 spiro atoms. The molecule has 1 amide bonds. The standard InChI is InChI=1S/C10H16N4OS/c1-3-7-4-9(15)14(5-7)6-8-10(11-2)16-13-12-8/h7,11H,3-6H2,1-2H3. The molecule has 1 unspecified atom stereocenters. The molecular formula is C10H16N4OS.